The van der Waals surface area contributed by atoms with Gasteiger partial charge < -0.3 is 11.1 Å². The van der Waals surface area contributed by atoms with Gasteiger partial charge in [-0.15, -0.1) is 0 Å². The van der Waals surface area contributed by atoms with E-state index < -0.39 is 0 Å². The third-order valence-electron chi connectivity index (χ3n) is 2.73. The number of ketones is 1. The van der Waals surface area contributed by atoms with E-state index >= 15 is 0 Å². The number of nitrogens with two attached hydrogens (primary N) is 1. The molecule has 0 saturated heterocycles. The minimum Gasteiger partial charge on any atom is -0.387 e. The Kier molecular flexibility index (Phi) is 6.82. The molecule has 3 nitrogen and oxygen atoms in total. The lowest BCUT2D eigenvalue weighted by Gasteiger charge is -2.09. The van der Waals surface area contributed by atoms with Crippen LogP contribution >= 0.6 is 0 Å². The lowest BCUT2D eigenvalue weighted by molar-refractivity contribution is 0.104. The molecule has 0 saturated carbocycles. The molecular formula is C15H21FN2O. The number of hydrogen-bond acceptors (Lipinski definition) is 3. The SMILES string of the molecule is CCCC/C(=C/C(=O)c1ccc(F)cc1)NCCN. The summed E-state index contributed by atoms with van der Waals surface area (Å²) in [6.45, 7) is 3.27. The highest BCUT2D eigenvalue weighted by molar-refractivity contribution is 6.04. The Morgan fingerprint density at radius 1 is 1.37 bits per heavy atom. The second kappa shape index (κ2) is 8.43. The first-order valence-electron chi connectivity index (χ1n) is 6.61. The van der Waals surface area contributed by atoms with Crippen molar-refractivity contribution in [1.82, 2.24) is 5.32 Å². The molecule has 0 atom stereocenters. The molecule has 0 amide bonds. The summed E-state index contributed by atoms with van der Waals surface area (Å²) in [7, 11) is 0. The van der Waals surface area contributed by atoms with E-state index in [4.69, 9.17) is 5.73 Å². The van der Waals surface area contributed by atoms with E-state index in [0.717, 1.165) is 25.0 Å². The monoisotopic (exact) mass is 264 g/mol. The molecule has 1 aromatic carbocycles. The van der Waals surface area contributed by atoms with Crippen LogP contribution in [0.2, 0.25) is 0 Å². The highest BCUT2D eigenvalue weighted by atomic mass is 19.1. The molecule has 19 heavy (non-hydrogen) atoms. The first-order valence-corrected chi connectivity index (χ1v) is 6.61. The van der Waals surface area contributed by atoms with Crippen LogP contribution in [0.5, 0.6) is 0 Å². The maximum absolute atomic E-state index is 12.8. The summed E-state index contributed by atoms with van der Waals surface area (Å²) in [5, 5.41) is 3.16. The number of hydrogen-bond donors (Lipinski definition) is 2. The fourth-order valence-corrected chi connectivity index (χ4v) is 1.67. The van der Waals surface area contributed by atoms with Crippen molar-refractivity contribution >= 4 is 5.78 Å². The van der Waals surface area contributed by atoms with E-state index in [1.54, 1.807) is 6.08 Å². The predicted molar refractivity (Wildman–Crippen MR) is 75.4 cm³/mol. The number of benzene rings is 1. The molecule has 0 aliphatic rings. The van der Waals surface area contributed by atoms with Gasteiger partial charge in [-0.2, -0.15) is 0 Å². The van der Waals surface area contributed by atoms with Crippen molar-refractivity contribution in [2.45, 2.75) is 26.2 Å². The average Bonchev–Trinajstić information content (AvgIpc) is 2.42. The highest BCUT2D eigenvalue weighted by Gasteiger charge is 2.05. The molecule has 0 fully saturated rings. The molecular weight excluding hydrogens is 243 g/mol. The number of rotatable bonds is 8. The average molecular weight is 264 g/mol. The second-order valence-corrected chi connectivity index (χ2v) is 4.36. The third-order valence-corrected chi connectivity index (χ3v) is 2.73. The van der Waals surface area contributed by atoms with Crippen molar-refractivity contribution in [3.8, 4) is 0 Å². The van der Waals surface area contributed by atoms with Crippen molar-refractivity contribution in [3.05, 3.63) is 47.4 Å². The molecule has 1 aromatic rings. The summed E-state index contributed by atoms with van der Waals surface area (Å²) in [5.41, 5.74) is 6.83. The lowest BCUT2D eigenvalue weighted by atomic mass is 10.1. The van der Waals surface area contributed by atoms with E-state index in [0.29, 0.717) is 18.7 Å². The van der Waals surface area contributed by atoms with Gasteiger partial charge in [0, 0.05) is 30.4 Å². The number of halogens is 1. The predicted octanol–water partition coefficient (Wildman–Crippen LogP) is 2.63. The fraction of sp³-hybridized carbons (Fsp3) is 0.400. The molecule has 0 unspecified atom stereocenters. The van der Waals surface area contributed by atoms with Crippen LogP contribution in [-0.2, 0) is 0 Å². The minimum atomic E-state index is -0.340. The number of unbranched alkanes of at least 4 members (excludes halogenated alkanes) is 1. The van der Waals surface area contributed by atoms with Gasteiger partial charge >= 0.3 is 0 Å². The zero-order valence-electron chi connectivity index (χ0n) is 11.3. The molecule has 0 aromatic heterocycles. The Bertz CT molecular complexity index is 416. The summed E-state index contributed by atoms with van der Waals surface area (Å²) in [6, 6.07) is 5.57. The summed E-state index contributed by atoms with van der Waals surface area (Å²) in [5.74, 6) is -0.455. The summed E-state index contributed by atoms with van der Waals surface area (Å²) >= 11 is 0. The topological polar surface area (TPSA) is 55.1 Å². The number of allylic oxidation sites excluding steroid dienone is 2. The molecule has 0 heterocycles. The van der Waals surface area contributed by atoms with Crippen molar-refractivity contribution in [1.29, 1.82) is 0 Å². The van der Waals surface area contributed by atoms with Gasteiger partial charge in [0.2, 0.25) is 0 Å². The summed E-state index contributed by atoms with van der Waals surface area (Å²) in [6.07, 6.45) is 4.48. The minimum absolute atomic E-state index is 0.115. The van der Waals surface area contributed by atoms with Crippen LogP contribution in [-0.4, -0.2) is 18.9 Å². The largest absolute Gasteiger partial charge is 0.387 e. The van der Waals surface area contributed by atoms with E-state index in [1.807, 2.05) is 0 Å². The van der Waals surface area contributed by atoms with Crippen LogP contribution in [0.3, 0.4) is 0 Å². The van der Waals surface area contributed by atoms with E-state index in [1.165, 1.54) is 24.3 Å². The van der Waals surface area contributed by atoms with Crippen molar-refractivity contribution in [2.24, 2.45) is 5.73 Å². The van der Waals surface area contributed by atoms with Gasteiger partial charge in [0.1, 0.15) is 5.82 Å². The van der Waals surface area contributed by atoms with E-state index in [9.17, 15) is 9.18 Å². The molecule has 0 bridgehead atoms. The molecule has 0 spiro atoms. The van der Waals surface area contributed by atoms with Crippen LogP contribution in [0.15, 0.2) is 36.0 Å². The molecule has 0 aliphatic heterocycles. The summed E-state index contributed by atoms with van der Waals surface area (Å²) < 4.78 is 12.8. The number of carbonyl (C=O) groups excluding carboxylic acids is 1. The zero-order valence-corrected chi connectivity index (χ0v) is 11.3. The second-order valence-electron chi connectivity index (χ2n) is 4.36. The quantitative estimate of drug-likeness (QED) is 0.560. The molecule has 4 heteroatoms. The molecule has 104 valence electrons. The van der Waals surface area contributed by atoms with Crippen LogP contribution < -0.4 is 11.1 Å². The Balaban J connectivity index is 2.75. The Morgan fingerprint density at radius 3 is 2.63 bits per heavy atom. The van der Waals surface area contributed by atoms with Crippen LogP contribution in [0.1, 0.15) is 36.5 Å². The first-order chi connectivity index (χ1) is 9.17. The first kappa shape index (κ1) is 15.4. The smallest absolute Gasteiger partial charge is 0.187 e. The van der Waals surface area contributed by atoms with Crippen LogP contribution in [0.25, 0.3) is 0 Å². The zero-order chi connectivity index (χ0) is 14.1. The molecule has 3 N–H and O–H groups in total. The fourth-order valence-electron chi connectivity index (χ4n) is 1.67. The third kappa shape index (κ3) is 5.66. The Hall–Kier alpha value is -1.68. The maximum atomic E-state index is 12.8. The van der Waals surface area contributed by atoms with Gasteiger partial charge in [0.15, 0.2) is 5.78 Å². The molecule has 1 rings (SSSR count). The van der Waals surface area contributed by atoms with E-state index in [2.05, 4.69) is 12.2 Å². The lowest BCUT2D eigenvalue weighted by Crippen LogP contribution is -2.22. The standard InChI is InChI=1S/C15H21FN2O/c1-2-3-4-14(18-10-9-17)11-15(19)12-5-7-13(16)8-6-12/h5-8,11,18H,2-4,9-10,17H2,1H3/b14-11-. The van der Waals surface area contributed by atoms with Gasteiger partial charge in [0.05, 0.1) is 0 Å². The van der Waals surface area contributed by atoms with Gasteiger partial charge in [-0.05, 0) is 37.1 Å². The maximum Gasteiger partial charge on any atom is 0.187 e. The normalized spacial score (nSPS) is 11.4. The van der Waals surface area contributed by atoms with Gasteiger partial charge in [-0.1, -0.05) is 13.3 Å². The van der Waals surface area contributed by atoms with Crippen LogP contribution in [0.4, 0.5) is 4.39 Å². The van der Waals surface area contributed by atoms with Crippen molar-refractivity contribution in [2.75, 3.05) is 13.1 Å². The van der Waals surface area contributed by atoms with Crippen molar-refractivity contribution in [3.63, 3.8) is 0 Å². The van der Waals surface area contributed by atoms with Crippen molar-refractivity contribution < 1.29 is 9.18 Å². The summed E-state index contributed by atoms with van der Waals surface area (Å²) in [4.78, 5) is 12.0. The highest BCUT2D eigenvalue weighted by Crippen LogP contribution is 2.09. The van der Waals surface area contributed by atoms with Gasteiger partial charge in [0.25, 0.3) is 0 Å². The number of carbonyl (C=O) groups is 1. The Morgan fingerprint density at radius 2 is 2.05 bits per heavy atom. The molecule has 0 radical (unpaired) electrons. The Labute approximate surface area is 113 Å². The molecule has 0 aliphatic carbocycles. The van der Waals surface area contributed by atoms with E-state index in [-0.39, 0.29) is 11.6 Å². The number of nitrogens with one attached hydrogen (secondary N) is 1. The van der Waals surface area contributed by atoms with Gasteiger partial charge in [-0.3, -0.25) is 4.79 Å². The van der Waals surface area contributed by atoms with Crippen LogP contribution in [0, 0.1) is 5.82 Å². The van der Waals surface area contributed by atoms with Gasteiger partial charge in [-0.25, -0.2) is 4.39 Å².